The number of aromatic amines is 1. The molecular weight excluding hydrogens is 413 g/mol. The fourth-order valence-corrected chi connectivity index (χ4v) is 4.04. The standard InChI is InChI=1S/C19H26IN3O/c1-3-22(4-2)11-12-23(20)19(24)14-9-10-18-16(13-14)15-7-5-6-8-17(15)21-18/h9-10,13,21H,3-8,11-12H2,1-2H3. The molecule has 0 saturated carbocycles. The van der Waals surface area contributed by atoms with Crippen molar-refractivity contribution in [1.29, 1.82) is 0 Å². The van der Waals surface area contributed by atoms with E-state index in [0.29, 0.717) is 0 Å². The Morgan fingerprint density at radius 1 is 1.17 bits per heavy atom. The van der Waals surface area contributed by atoms with Crippen LogP contribution in [-0.4, -0.2) is 45.1 Å². The first-order chi connectivity index (χ1) is 11.6. The first kappa shape index (κ1) is 17.7. The van der Waals surface area contributed by atoms with Crippen LogP contribution in [0, 0.1) is 0 Å². The zero-order chi connectivity index (χ0) is 17.1. The number of carbonyl (C=O) groups is 1. The zero-order valence-corrected chi connectivity index (χ0v) is 16.7. The molecule has 2 aromatic rings. The van der Waals surface area contributed by atoms with Gasteiger partial charge < -0.3 is 9.88 Å². The summed E-state index contributed by atoms with van der Waals surface area (Å²) in [5.41, 5.74) is 4.76. The number of carbonyl (C=O) groups excluding carboxylic acids is 1. The van der Waals surface area contributed by atoms with E-state index < -0.39 is 0 Å². The fraction of sp³-hybridized carbons (Fsp3) is 0.526. The maximum absolute atomic E-state index is 12.8. The Kier molecular flexibility index (Phi) is 5.81. The van der Waals surface area contributed by atoms with Gasteiger partial charge in [-0.25, -0.2) is 0 Å². The third-order valence-electron chi connectivity index (χ3n) is 5.07. The Balaban J connectivity index is 1.77. The van der Waals surface area contributed by atoms with Gasteiger partial charge in [0.25, 0.3) is 5.91 Å². The largest absolute Gasteiger partial charge is 0.358 e. The van der Waals surface area contributed by atoms with E-state index in [9.17, 15) is 4.79 Å². The van der Waals surface area contributed by atoms with Gasteiger partial charge in [0.15, 0.2) is 0 Å². The molecule has 0 saturated heterocycles. The van der Waals surface area contributed by atoms with Crippen LogP contribution >= 0.6 is 22.9 Å². The highest BCUT2D eigenvalue weighted by Crippen LogP contribution is 2.30. The molecular formula is C19H26IN3O. The number of H-pyrrole nitrogens is 1. The minimum atomic E-state index is 0.107. The quantitative estimate of drug-likeness (QED) is 0.542. The molecule has 0 spiro atoms. The fourth-order valence-electron chi connectivity index (χ4n) is 3.55. The van der Waals surface area contributed by atoms with Crippen LogP contribution in [0.1, 0.15) is 48.3 Å². The molecule has 1 amide bonds. The minimum Gasteiger partial charge on any atom is -0.358 e. The number of halogens is 1. The van der Waals surface area contributed by atoms with Crippen molar-refractivity contribution in [3.8, 4) is 0 Å². The van der Waals surface area contributed by atoms with Crippen LogP contribution in [0.2, 0.25) is 0 Å². The van der Waals surface area contributed by atoms with Crippen LogP contribution in [0.25, 0.3) is 10.9 Å². The van der Waals surface area contributed by atoms with Gasteiger partial charge in [0.1, 0.15) is 0 Å². The Labute approximate surface area is 158 Å². The third kappa shape index (κ3) is 3.61. The van der Waals surface area contributed by atoms with Gasteiger partial charge in [-0.15, -0.1) is 0 Å². The van der Waals surface area contributed by atoms with Crippen LogP contribution in [0.15, 0.2) is 18.2 Å². The van der Waals surface area contributed by atoms with Gasteiger partial charge in [-0.2, -0.15) is 0 Å². The van der Waals surface area contributed by atoms with E-state index in [-0.39, 0.29) is 5.91 Å². The van der Waals surface area contributed by atoms with E-state index in [4.69, 9.17) is 0 Å². The molecule has 1 aliphatic rings. The number of hydrogen-bond acceptors (Lipinski definition) is 2. The van der Waals surface area contributed by atoms with Crippen LogP contribution < -0.4 is 0 Å². The summed E-state index contributed by atoms with van der Waals surface area (Å²) in [5.74, 6) is 0.107. The molecule has 5 heteroatoms. The van der Waals surface area contributed by atoms with E-state index in [1.807, 2.05) is 9.18 Å². The van der Waals surface area contributed by atoms with Crippen molar-refractivity contribution in [2.75, 3.05) is 26.2 Å². The van der Waals surface area contributed by atoms with Gasteiger partial charge in [-0.3, -0.25) is 7.91 Å². The second-order valence-electron chi connectivity index (χ2n) is 6.47. The predicted octanol–water partition coefficient (Wildman–Crippen LogP) is 4.18. The second-order valence-corrected chi connectivity index (χ2v) is 7.63. The summed E-state index contributed by atoms with van der Waals surface area (Å²) in [6.45, 7) is 8.04. The zero-order valence-electron chi connectivity index (χ0n) is 14.6. The van der Waals surface area contributed by atoms with Gasteiger partial charge in [-0.05, 0) is 62.5 Å². The van der Waals surface area contributed by atoms with Crippen LogP contribution in [0.3, 0.4) is 0 Å². The summed E-state index contributed by atoms with van der Waals surface area (Å²) >= 11 is 2.15. The maximum atomic E-state index is 12.8. The van der Waals surface area contributed by atoms with Gasteiger partial charge in [0.05, 0.1) is 22.9 Å². The Bertz CT molecular complexity index is 721. The van der Waals surface area contributed by atoms with Gasteiger partial charge in [-0.1, -0.05) is 13.8 Å². The maximum Gasteiger partial charge on any atom is 0.262 e. The SMILES string of the molecule is CCN(CC)CCN(I)C(=O)c1ccc2[nH]c3c(c2c1)CCCC3. The normalized spacial score (nSPS) is 14.2. The number of rotatable bonds is 6. The molecule has 24 heavy (non-hydrogen) atoms. The molecule has 130 valence electrons. The highest BCUT2D eigenvalue weighted by Gasteiger charge is 2.19. The van der Waals surface area contributed by atoms with Crippen LogP contribution in [-0.2, 0) is 12.8 Å². The highest BCUT2D eigenvalue weighted by molar-refractivity contribution is 14.1. The predicted molar refractivity (Wildman–Crippen MR) is 108 cm³/mol. The van der Waals surface area contributed by atoms with Crippen LogP contribution in [0.4, 0.5) is 0 Å². The first-order valence-corrected chi connectivity index (χ1v) is 9.94. The van der Waals surface area contributed by atoms with E-state index >= 15 is 0 Å². The molecule has 0 radical (unpaired) electrons. The van der Waals surface area contributed by atoms with E-state index in [1.54, 1.807) is 0 Å². The number of hydrogen-bond donors (Lipinski definition) is 1. The average Bonchev–Trinajstić information content (AvgIpc) is 2.99. The summed E-state index contributed by atoms with van der Waals surface area (Å²) in [5, 5.41) is 1.24. The Morgan fingerprint density at radius 3 is 2.67 bits per heavy atom. The lowest BCUT2D eigenvalue weighted by Crippen LogP contribution is -2.33. The number of fused-ring (bicyclic) bond motifs is 3. The van der Waals surface area contributed by atoms with Crippen molar-refractivity contribution < 1.29 is 4.79 Å². The number of benzene rings is 1. The highest BCUT2D eigenvalue weighted by atomic mass is 127. The number of aryl methyl sites for hydroxylation is 2. The molecule has 1 aliphatic carbocycles. The summed E-state index contributed by atoms with van der Waals surface area (Å²) in [4.78, 5) is 18.6. The van der Waals surface area contributed by atoms with Crippen LogP contribution in [0.5, 0.6) is 0 Å². The Morgan fingerprint density at radius 2 is 1.92 bits per heavy atom. The molecule has 4 nitrogen and oxygen atoms in total. The number of nitrogens with one attached hydrogen (secondary N) is 1. The number of aromatic nitrogens is 1. The third-order valence-corrected chi connectivity index (χ3v) is 5.99. The summed E-state index contributed by atoms with van der Waals surface area (Å²) < 4.78 is 1.82. The Hall–Kier alpha value is -1.08. The lowest BCUT2D eigenvalue weighted by molar-refractivity contribution is 0.0880. The topological polar surface area (TPSA) is 39.3 Å². The summed E-state index contributed by atoms with van der Waals surface area (Å²) in [7, 11) is 0. The van der Waals surface area contributed by atoms with Crippen molar-refractivity contribution in [3.05, 3.63) is 35.0 Å². The van der Waals surface area contributed by atoms with Gasteiger partial charge in [0, 0.05) is 35.2 Å². The molecule has 1 aromatic heterocycles. The molecule has 1 N–H and O–H groups in total. The lowest BCUT2D eigenvalue weighted by Gasteiger charge is -2.21. The second kappa shape index (κ2) is 7.87. The number of nitrogens with zero attached hydrogens (tertiary/aromatic N) is 2. The van der Waals surface area contributed by atoms with Crippen molar-refractivity contribution in [1.82, 2.24) is 13.0 Å². The minimum absolute atomic E-state index is 0.107. The average molecular weight is 439 g/mol. The molecule has 0 aliphatic heterocycles. The number of likely N-dealkylation sites (N-methyl/N-ethyl adjacent to an activating group) is 1. The molecule has 0 fully saturated rings. The smallest absolute Gasteiger partial charge is 0.262 e. The van der Waals surface area contributed by atoms with Gasteiger partial charge >= 0.3 is 0 Å². The van der Waals surface area contributed by atoms with Crippen molar-refractivity contribution in [2.45, 2.75) is 39.5 Å². The van der Waals surface area contributed by atoms with Gasteiger partial charge in [0.2, 0.25) is 0 Å². The first-order valence-electron chi connectivity index (χ1n) is 8.97. The molecule has 1 aromatic carbocycles. The molecule has 0 atom stereocenters. The van der Waals surface area contributed by atoms with Crippen molar-refractivity contribution in [2.24, 2.45) is 0 Å². The monoisotopic (exact) mass is 439 g/mol. The van der Waals surface area contributed by atoms with Crippen molar-refractivity contribution >= 4 is 39.7 Å². The summed E-state index contributed by atoms with van der Waals surface area (Å²) in [6, 6.07) is 6.10. The number of amides is 1. The molecule has 0 bridgehead atoms. The van der Waals surface area contributed by atoms with Crippen molar-refractivity contribution in [3.63, 3.8) is 0 Å². The molecule has 3 rings (SSSR count). The van der Waals surface area contributed by atoms with E-state index in [0.717, 1.165) is 44.6 Å². The van der Waals surface area contributed by atoms with E-state index in [2.05, 4.69) is 58.7 Å². The molecule has 1 heterocycles. The lowest BCUT2D eigenvalue weighted by atomic mass is 9.95. The van der Waals surface area contributed by atoms with E-state index in [1.165, 1.54) is 35.0 Å². The molecule has 0 unspecified atom stereocenters. The summed E-state index contributed by atoms with van der Waals surface area (Å²) in [6.07, 6.45) is 4.78.